The summed E-state index contributed by atoms with van der Waals surface area (Å²) in [6, 6.07) is 9.32. The fourth-order valence-electron chi connectivity index (χ4n) is 1.56. The molecule has 14 heavy (non-hydrogen) atoms. The Hall–Kier alpha value is -0.380. The second kappa shape index (κ2) is 4.43. The maximum Gasteiger partial charge on any atom is 0.0643 e. The van der Waals surface area contributed by atoms with E-state index in [9.17, 15) is 0 Å². The summed E-state index contributed by atoms with van der Waals surface area (Å²) in [5.41, 5.74) is 1.31. The van der Waals surface area contributed by atoms with Crippen molar-refractivity contribution in [3.8, 4) is 0 Å². The van der Waals surface area contributed by atoms with Crippen molar-refractivity contribution in [3.63, 3.8) is 0 Å². The van der Waals surface area contributed by atoms with Gasteiger partial charge in [0.25, 0.3) is 0 Å². The lowest BCUT2D eigenvalue weighted by molar-refractivity contribution is -0.00925. The Bertz CT molecular complexity index is 312. The maximum absolute atomic E-state index is 5.12. The minimum Gasteiger partial charge on any atom is -0.378 e. The van der Waals surface area contributed by atoms with Gasteiger partial charge >= 0.3 is 0 Å². The Morgan fingerprint density at radius 2 is 2.29 bits per heavy atom. The predicted octanol–water partition coefficient (Wildman–Crippen LogP) is 2.50. The second-order valence-corrected chi connectivity index (χ2v) is 4.59. The number of halogens is 1. The Morgan fingerprint density at radius 3 is 2.86 bits per heavy atom. The largest absolute Gasteiger partial charge is 0.378 e. The van der Waals surface area contributed by atoms with Gasteiger partial charge in [0.05, 0.1) is 19.3 Å². The zero-order valence-corrected chi connectivity index (χ0v) is 9.75. The van der Waals surface area contributed by atoms with E-state index in [0.29, 0.717) is 12.1 Å². The molecule has 0 bridgehead atoms. The molecule has 1 heterocycles. The van der Waals surface area contributed by atoms with Crippen LogP contribution in [0.5, 0.6) is 0 Å². The van der Waals surface area contributed by atoms with Crippen molar-refractivity contribution < 1.29 is 4.74 Å². The highest BCUT2D eigenvalue weighted by atomic mass is 79.9. The molecule has 0 aliphatic carbocycles. The summed E-state index contributed by atoms with van der Waals surface area (Å²) in [7, 11) is 0. The molecule has 1 N–H and O–H groups in total. The van der Waals surface area contributed by atoms with Crippen molar-refractivity contribution in [2.75, 3.05) is 13.2 Å². The van der Waals surface area contributed by atoms with Crippen LogP contribution in [0.2, 0.25) is 0 Å². The van der Waals surface area contributed by atoms with Crippen LogP contribution in [0.25, 0.3) is 0 Å². The van der Waals surface area contributed by atoms with Crippen molar-refractivity contribution in [3.05, 3.63) is 34.3 Å². The van der Waals surface area contributed by atoms with Crippen molar-refractivity contribution in [2.24, 2.45) is 0 Å². The van der Waals surface area contributed by atoms with Crippen LogP contribution in [-0.4, -0.2) is 19.3 Å². The topological polar surface area (TPSA) is 21.3 Å². The fourth-order valence-corrected chi connectivity index (χ4v) is 1.97. The molecule has 2 nitrogen and oxygen atoms in total. The van der Waals surface area contributed by atoms with Gasteiger partial charge in [0, 0.05) is 10.5 Å². The first kappa shape index (κ1) is 10.1. The van der Waals surface area contributed by atoms with Crippen LogP contribution in [0.4, 0.5) is 0 Å². The first-order valence-electron chi connectivity index (χ1n) is 4.85. The molecule has 1 fully saturated rings. The van der Waals surface area contributed by atoms with Gasteiger partial charge in [-0.25, -0.2) is 0 Å². The molecule has 0 radical (unpaired) electrons. The van der Waals surface area contributed by atoms with Crippen LogP contribution >= 0.6 is 15.9 Å². The van der Waals surface area contributed by atoms with Crippen LogP contribution in [-0.2, 0) is 4.74 Å². The average molecular weight is 256 g/mol. The number of benzene rings is 1. The van der Waals surface area contributed by atoms with E-state index in [4.69, 9.17) is 4.74 Å². The van der Waals surface area contributed by atoms with Crippen LogP contribution in [0, 0.1) is 0 Å². The number of nitrogens with one attached hydrogen (secondary N) is 1. The summed E-state index contributed by atoms with van der Waals surface area (Å²) in [6.07, 6.45) is 0. The zero-order chi connectivity index (χ0) is 9.97. The number of hydrogen-bond acceptors (Lipinski definition) is 2. The van der Waals surface area contributed by atoms with Gasteiger partial charge in [-0.3, -0.25) is 0 Å². The number of hydrogen-bond donors (Lipinski definition) is 1. The van der Waals surface area contributed by atoms with Gasteiger partial charge in [-0.05, 0) is 24.6 Å². The molecule has 0 spiro atoms. The van der Waals surface area contributed by atoms with Crippen LogP contribution < -0.4 is 5.32 Å². The van der Waals surface area contributed by atoms with Gasteiger partial charge in [0.1, 0.15) is 0 Å². The molecule has 1 aromatic rings. The van der Waals surface area contributed by atoms with Crippen molar-refractivity contribution in [2.45, 2.75) is 19.0 Å². The molecule has 1 saturated heterocycles. The monoisotopic (exact) mass is 255 g/mol. The highest BCUT2D eigenvalue weighted by Gasteiger charge is 2.20. The maximum atomic E-state index is 5.12. The Labute approximate surface area is 92.8 Å². The summed E-state index contributed by atoms with van der Waals surface area (Å²) in [6.45, 7) is 3.87. The summed E-state index contributed by atoms with van der Waals surface area (Å²) < 4.78 is 6.26. The van der Waals surface area contributed by atoms with Crippen LogP contribution in [0.15, 0.2) is 28.7 Å². The van der Waals surface area contributed by atoms with E-state index in [1.807, 2.05) is 6.07 Å². The highest BCUT2D eigenvalue weighted by Crippen LogP contribution is 2.19. The molecule has 1 aliphatic heterocycles. The minimum atomic E-state index is 0.390. The Kier molecular flexibility index (Phi) is 3.21. The SMILES string of the molecule is C[C@@H](NC1COC1)c1cccc(Br)c1. The highest BCUT2D eigenvalue weighted by molar-refractivity contribution is 9.10. The lowest BCUT2D eigenvalue weighted by atomic mass is 10.1. The third kappa shape index (κ3) is 2.35. The average Bonchev–Trinajstić information content (AvgIpc) is 2.11. The van der Waals surface area contributed by atoms with Gasteiger partial charge in [0.2, 0.25) is 0 Å². The number of rotatable bonds is 3. The standard InChI is InChI=1S/C11H14BrNO/c1-8(13-11-6-14-7-11)9-3-2-4-10(12)5-9/h2-5,8,11,13H,6-7H2,1H3/t8-/m1/s1. The summed E-state index contributed by atoms with van der Waals surface area (Å²) >= 11 is 3.48. The second-order valence-electron chi connectivity index (χ2n) is 3.68. The van der Waals surface area contributed by atoms with Gasteiger partial charge in [-0.1, -0.05) is 28.1 Å². The third-order valence-corrected chi connectivity index (χ3v) is 2.97. The quantitative estimate of drug-likeness (QED) is 0.897. The molecular weight excluding hydrogens is 242 g/mol. The molecule has 0 unspecified atom stereocenters. The van der Waals surface area contributed by atoms with Crippen molar-refractivity contribution >= 4 is 15.9 Å². The van der Waals surface area contributed by atoms with Gasteiger partial charge in [0.15, 0.2) is 0 Å². The zero-order valence-electron chi connectivity index (χ0n) is 8.16. The van der Waals surface area contributed by atoms with Gasteiger partial charge in [-0.2, -0.15) is 0 Å². The molecule has 0 saturated carbocycles. The minimum absolute atomic E-state index is 0.390. The first-order chi connectivity index (χ1) is 6.75. The molecule has 2 rings (SSSR count). The molecular formula is C11H14BrNO. The Balaban J connectivity index is 1.98. The van der Waals surface area contributed by atoms with E-state index in [-0.39, 0.29) is 0 Å². The first-order valence-corrected chi connectivity index (χ1v) is 5.64. The van der Waals surface area contributed by atoms with Crippen molar-refractivity contribution in [1.29, 1.82) is 0 Å². The fraction of sp³-hybridized carbons (Fsp3) is 0.455. The summed E-state index contributed by atoms with van der Waals surface area (Å²) in [5, 5.41) is 3.51. The van der Waals surface area contributed by atoms with E-state index in [1.165, 1.54) is 5.56 Å². The van der Waals surface area contributed by atoms with E-state index in [2.05, 4.69) is 46.4 Å². The lowest BCUT2D eigenvalue weighted by Gasteiger charge is -2.30. The van der Waals surface area contributed by atoms with E-state index < -0.39 is 0 Å². The summed E-state index contributed by atoms with van der Waals surface area (Å²) in [4.78, 5) is 0. The van der Waals surface area contributed by atoms with Crippen LogP contribution in [0.1, 0.15) is 18.5 Å². The van der Waals surface area contributed by atoms with E-state index >= 15 is 0 Å². The molecule has 3 heteroatoms. The van der Waals surface area contributed by atoms with Gasteiger partial charge < -0.3 is 10.1 Å². The van der Waals surface area contributed by atoms with E-state index in [0.717, 1.165) is 17.7 Å². The predicted molar refractivity (Wildman–Crippen MR) is 60.3 cm³/mol. The molecule has 76 valence electrons. The summed E-state index contributed by atoms with van der Waals surface area (Å²) in [5.74, 6) is 0. The molecule has 1 atom stereocenters. The van der Waals surface area contributed by atoms with Gasteiger partial charge in [-0.15, -0.1) is 0 Å². The molecule has 1 aromatic carbocycles. The normalized spacial score (nSPS) is 19.0. The van der Waals surface area contributed by atoms with E-state index in [1.54, 1.807) is 0 Å². The Morgan fingerprint density at radius 1 is 1.50 bits per heavy atom. The molecule has 0 aromatic heterocycles. The lowest BCUT2D eigenvalue weighted by Crippen LogP contribution is -2.46. The smallest absolute Gasteiger partial charge is 0.0643 e. The third-order valence-electron chi connectivity index (χ3n) is 2.47. The molecule has 0 amide bonds. The molecule has 1 aliphatic rings. The van der Waals surface area contributed by atoms with Crippen molar-refractivity contribution in [1.82, 2.24) is 5.32 Å². The number of ether oxygens (including phenoxy) is 1. The van der Waals surface area contributed by atoms with Crippen LogP contribution in [0.3, 0.4) is 0 Å².